The van der Waals surface area contributed by atoms with Gasteiger partial charge in [0.1, 0.15) is 6.04 Å². The quantitative estimate of drug-likeness (QED) is 0.697. The topological polar surface area (TPSA) is 69.5 Å². The van der Waals surface area contributed by atoms with Crippen molar-refractivity contribution >= 4 is 11.6 Å². The second-order valence-corrected chi connectivity index (χ2v) is 6.96. The van der Waals surface area contributed by atoms with Gasteiger partial charge >= 0.3 is 0 Å². The van der Waals surface area contributed by atoms with Gasteiger partial charge in [0.15, 0.2) is 6.04 Å². The number of amides is 1. The summed E-state index contributed by atoms with van der Waals surface area (Å²) in [6.07, 6.45) is 0. The van der Waals surface area contributed by atoms with E-state index in [4.69, 9.17) is 5.26 Å². The molecule has 1 amide bonds. The lowest BCUT2D eigenvalue weighted by Gasteiger charge is -2.21. The molecule has 0 fully saturated rings. The van der Waals surface area contributed by atoms with E-state index in [2.05, 4.69) is 60.0 Å². The summed E-state index contributed by atoms with van der Waals surface area (Å²) in [6, 6.07) is 27.4. The van der Waals surface area contributed by atoms with Gasteiger partial charge in [0.2, 0.25) is 0 Å². The minimum atomic E-state index is -0.290. The Labute approximate surface area is 165 Å². The van der Waals surface area contributed by atoms with Crippen molar-refractivity contribution in [3.05, 3.63) is 101 Å². The second-order valence-electron chi connectivity index (χ2n) is 6.96. The van der Waals surface area contributed by atoms with E-state index in [1.54, 1.807) is 24.3 Å². The Balaban J connectivity index is 1.76. The minimum absolute atomic E-state index is 0.0310. The molecule has 140 valence electrons. The van der Waals surface area contributed by atoms with Crippen molar-refractivity contribution in [2.75, 3.05) is 5.32 Å². The molecule has 0 heterocycles. The molecular formula is C24H24N3O+. The number of benzene rings is 3. The standard InChI is InChI=1S/C24H23N3O/c1-17-8-12-21(13-9-17)23(20-6-4-3-5-7-20)26-18(2)24(28)27-22-14-10-19(16-25)11-15-22/h3-15,18,23,26H,1-2H3,(H,27,28)/p+1/t18-,23+/m0/s1. The highest BCUT2D eigenvalue weighted by Crippen LogP contribution is 2.19. The predicted molar refractivity (Wildman–Crippen MR) is 111 cm³/mol. The third-order valence-corrected chi connectivity index (χ3v) is 4.77. The first-order valence-electron chi connectivity index (χ1n) is 9.34. The van der Waals surface area contributed by atoms with Crippen molar-refractivity contribution in [2.45, 2.75) is 25.9 Å². The van der Waals surface area contributed by atoms with E-state index in [0.717, 1.165) is 11.1 Å². The van der Waals surface area contributed by atoms with Gasteiger partial charge in [-0.2, -0.15) is 5.26 Å². The zero-order chi connectivity index (χ0) is 19.9. The molecule has 0 unspecified atom stereocenters. The van der Waals surface area contributed by atoms with Crippen LogP contribution in [0.25, 0.3) is 0 Å². The highest BCUT2D eigenvalue weighted by atomic mass is 16.2. The van der Waals surface area contributed by atoms with Crippen LogP contribution in [0.5, 0.6) is 0 Å². The Morgan fingerprint density at radius 3 is 2.14 bits per heavy atom. The summed E-state index contributed by atoms with van der Waals surface area (Å²) in [4.78, 5) is 12.7. The molecule has 0 aliphatic carbocycles. The number of quaternary nitrogens is 1. The van der Waals surface area contributed by atoms with Crippen molar-refractivity contribution in [2.24, 2.45) is 0 Å². The zero-order valence-corrected chi connectivity index (χ0v) is 16.1. The minimum Gasteiger partial charge on any atom is -0.326 e. The maximum Gasteiger partial charge on any atom is 0.282 e. The third kappa shape index (κ3) is 4.85. The molecule has 0 radical (unpaired) electrons. The van der Waals surface area contributed by atoms with Crippen molar-refractivity contribution in [3.63, 3.8) is 0 Å². The third-order valence-electron chi connectivity index (χ3n) is 4.77. The Morgan fingerprint density at radius 2 is 1.54 bits per heavy atom. The van der Waals surface area contributed by atoms with E-state index in [1.807, 2.05) is 25.1 Å². The molecule has 0 spiro atoms. The number of nitriles is 1. The highest BCUT2D eigenvalue weighted by Gasteiger charge is 2.24. The van der Waals surface area contributed by atoms with Crippen LogP contribution >= 0.6 is 0 Å². The van der Waals surface area contributed by atoms with Gasteiger partial charge in [-0.25, -0.2) is 0 Å². The molecule has 4 heteroatoms. The Morgan fingerprint density at radius 1 is 0.929 bits per heavy atom. The van der Waals surface area contributed by atoms with Crippen LogP contribution in [0.4, 0.5) is 5.69 Å². The summed E-state index contributed by atoms with van der Waals surface area (Å²) in [5.74, 6) is -0.0715. The van der Waals surface area contributed by atoms with Crippen LogP contribution < -0.4 is 10.6 Å². The van der Waals surface area contributed by atoms with Gasteiger partial charge in [-0.05, 0) is 38.1 Å². The number of nitrogens with two attached hydrogens (primary N) is 1. The van der Waals surface area contributed by atoms with E-state index in [9.17, 15) is 4.79 Å². The van der Waals surface area contributed by atoms with E-state index >= 15 is 0 Å². The monoisotopic (exact) mass is 370 g/mol. The number of nitrogens with zero attached hydrogens (tertiary/aromatic N) is 1. The van der Waals surface area contributed by atoms with Crippen molar-refractivity contribution in [1.29, 1.82) is 5.26 Å². The number of carbonyl (C=O) groups is 1. The number of carbonyl (C=O) groups excluding carboxylic acids is 1. The SMILES string of the molecule is Cc1ccc([C@H]([NH2+][C@@H](C)C(=O)Nc2ccc(C#N)cc2)c2ccccc2)cc1. The van der Waals surface area contributed by atoms with Gasteiger partial charge in [-0.1, -0.05) is 60.2 Å². The molecule has 0 saturated carbocycles. The Kier molecular flexibility index (Phi) is 6.21. The van der Waals surface area contributed by atoms with Gasteiger partial charge in [0, 0.05) is 16.8 Å². The van der Waals surface area contributed by atoms with Crippen LogP contribution in [0.3, 0.4) is 0 Å². The van der Waals surface area contributed by atoms with Crippen LogP contribution in [-0.2, 0) is 4.79 Å². The van der Waals surface area contributed by atoms with Crippen LogP contribution in [0, 0.1) is 18.3 Å². The van der Waals surface area contributed by atoms with E-state index in [-0.39, 0.29) is 18.0 Å². The number of nitrogens with one attached hydrogen (secondary N) is 1. The van der Waals surface area contributed by atoms with Gasteiger partial charge in [-0.3, -0.25) is 4.79 Å². The fourth-order valence-corrected chi connectivity index (χ4v) is 3.11. The Hall–Kier alpha value is -3.42. The lowest BCUT2D eigenvalue weighted by molar-refractivity contribution is -0.704. The predicted octanol–water partition coefficient (Wildman–Crippen LogP) is 3.55. The van der Waals surface area contributed by atoms with Crippen molar-refractivity contribution in [3.8, 4) is 6.07 Å². The van der Waals surface area contributed by atoms with Gasteiger partial charge in [-0.15, -0.1) is 0 Å². The number of rotatable bonds is 6. The fraction of sp³-hybridized carbons (Fsp3) is 0.167. The molecule has 2 atom stereocenters. The van der Waals surface area contributed by atoms with Crippen LogP contribution in [0.1, 0.15) is 35.2 Å². The first-order valence-corrected chi connectivity index (χ1v) is 9.34. The summed E-state index contributed by atoms with van der Waals surface area (Å²) in [5.41, 5.74) is 4.79. The largest absolute Gasteiger partial charge is 0.326 e. The van der Waals surface area contributed by atoms with Crippen molar-refractivity contribution in [1.82, 2.24) is 0 Å². The average molecular weight is 370 g/mol. The summed E-state index contributed by atoms with van der Waals surface area (Å²) in [6.45, 7) is 3.97. The van der Waals surface area contributed by atoms with Gasteiger partial charge < -0.3 is 10.6 Å². The molecule has 3 rings (SSSR count). The van der Waals surface area contributed by atoms with E-state index < -0.39 is 0 Å². The lowest BCUT2D eigenvalue weighted by atomic mass is 9.97. The van der Waals surface area contributed by atoms with E-state index in [1.165, 1.54) is 5.56 Å². The average Bonchev–Trinajstić information content (AvgIpc) is 2.73. The number of hydrogen-bond acceptors (Lipinski definition) is 2. The van der Waals surface area contributed by atoms with Crippen molar-refractivity contribution < 1.29 is 10.1 Å². The maximum absolute atomic E-state index is 12.7. The van der Waals surface area contributed by atoms with E-state index in [0.29, 0.717) is 11.3 Å². The van der Waals surface area contributed by atoms with Gasteiger partial charge in [0.25, 0.3) is 5.91 Å². The zero-order valence-electron chi connectivity index (χ0n) is 16.1. The molecular weight excluding hydrogens is 346 g/mol. The van der Waals surface area contributed by atoms with Crippen LogP contribution in [-0.4, -0.2) is 11.9 Å². The molecule has 0 bridgehead atoms. The molecule has 0 saturated heterocycles. The summed E-state index contributed by atoms with van der Waals surface area (Å²) in [5, 5.41) is 13.9. The van der Waals surface area contributed by atoms with Gasteiger partial charge in [0.05, 0.1) is 11.6 Å². The molecule has 28 heavy (non-hydrogen) atoms. The van der Waals surface area contributed by atoms with Crippen LogP contribution in [0.15, 0.2) is 78.9 Å². The Bertz CT molecular complexity index is 957. The molecule has 0 aromatic heterocycles. The smallest absolute Gasteiger partial charge is 0.282 e. The first-order chi connectivity index (χ1) is 13.6. The molecule has 0 aliphatic rings. The number of anilines is 1. The lowest BCUT2D eigenvalue weighted by Crippen LogP contribution is -2.92. The maximum atomic E-state index is 12.7. The fourth-order valence-electron chi connectivity index (χ4n) is 3.11. The molecule has 4 nitrogen and oxygen atoms in total. The van der Waals surface area contributed by atoms with Crippen LogP contribution in [0.2, 0.25) is 0 Å². The molecule has 3 aromatic rings. The normalized spacial score (nSPS) is 12.6. The first kappa shape index (κ1) is 19.3. The molecule has 3 N–H and O–H groups in total. The molecule has 0 aliphatic heterocycles. The summed E-state index contributed by atoms with van der Waals surface area (Å²) in [7, 11) is 0. The summed E-state index contributed by atoms with van der Waals surface area (Å²) < 4.78 is 0. The number of hydrogen-bond donors (Lipinski definition) is 2. The number of aryl methyl sites for hydroxylation is 1. The highest BCUT2D eigenvalue weighted by molar-refractivity contribution is 5.93. The summed E-state index contributed by atoms with van der Waals surface area (Å²) >= 11 is 0. The second kappa shape index (κ2) is 8.98. The molecule has 3 aromatic carbocycles.